The molecule has 0 fully saturated rings. The molecule has 3 aromatic rings. The number of hydrogen-bond acceptors (Lipinski definition) is 2. The van der Waals surface area contributed by atoms with E-state index >= 15 is 0 Å². The van der Waals surface area contributed by atoms with Crippen LogP contribution < -0.4 is 10.6 Å². The van der Waals surface area contributed by atoms with Crippen LogP contribution >= 0.6 is 7.92 Å². The topological polar surface area (TPSA) is 40.5 Å². The molecule has 3 aromatic carbocycles. The van der Waals surface area contributed by atoms with E-state index in [1.807, 2.05) is 26.0 Å². The zero-order valence-electron chi connectivity index (χ0n) is 15.3. The summed E-state index contributed by atoms with van der Waals surface area (Å²) >= 11 is 0. The van der Waals surface area contributed by atoms with Gasteiger partial charge in [-0.05, 0) is 54.7 Å². The molecule has 0 spiro atoms. The molecule has 3 heteroatoms. The highest BCUT2D eigenvalue weighted by Gasteiger charge is 2.16. The Kier molecular flexibility index (Phi) is 5.96. The third-order valence-corrected chi connectivity index (χ3v) is 7.05. The van der Waals surface area contributed by atoms with E-state index in [9.17, 15) is 10.2 Å². The summed E-state index contributed by atoms with van der Waals surface area (Å²) in [6, 6.07) is 24.8. The first-order valence-corrected chi connectivity index (χ1v) is 10.5. The van der Waals surface area contributed by atoms with Crippen LogP contribution in [0.15, 0.2) is 72.8 Å². The van der Waals surface area contributed by atoms with E-state index in [0.717, 1.165) is 18.1 Å². The predicted molar refractivity (Wildman–Crippen MR) is 112 cm³/mol. The molecule has 0 aliphatic rings. The lowest BCUT2D eigenvalue weighted by Gasteiger charge is -2.19. The minimum atomic E-state index is -0.477. The number of phenols is 2. The predicted octanol–water partition coefficient (Wildman–Crippen LogP) is 4.90. The van der Waals surface area contributed by atoms with Crippen molar-refractivity contribution >= 4 is 18.5 Å². The van der Waals surface area contributed by atoms with Gasteiger partial charge in [0.05, 0.1) is 0 Å². The summed E-state index contributed by atoms with van der Waals surface area (Å²) in [7, 11) is -0.477. The molecule has 134 valence electrons. The van der Waals surface area contributed by atoms with Crippen LogP contribution in [-0.2, 0) is 6.42 Å². The van der Waals surface area contributed by atoms with Crippen LogP contribution in [0.4, 0.5) is 0 Å². The van der Waals surface area contributed by atoms with Gasteiger partial charge in [0.2, 0.25) is 0 Å². The number of aromatic hydroxyl groups is 2. The van der Waals surface area contributed by atoms with Gasteiger partial charge >= 0.3 is 0 Å². The average Bonchev–Trinajstić information content (AvgIpc) is 2.63. The van der Waals surface area contributed by atoms with Crippen molar-refractivity contribution in [2.75, 3.05) is 6.16 Å². The fourth-order valence-corrected chi connectivity index (χ4v) is 5.64. The van der Waals surface area contributed by atoms with Crippen LogP contribution in [0.2, 0.25) is 0 Å². The van der Waals surface area contributed by atoms with Crippen LogP contribution in [0.25, 0.3) is 0 Å². The summed E-state index contributed by atoms with van der Waals surface area (Å²) < 4.78 is 0. The standard InChI is InChI=1S/C23H25O2P/c1-17(2)23-21(24)15-18(16-22(23)25)13-14-26(19-9-5-3-6-10-19)20-11-7-4-8-12-20/h3-12,15-17,24-25H,13-14H2,1-2H3. The molecule has 0 saturated carbocycles. The average molecular weight is 364 g/mol. The highest BCUT2D eigenvalue weighted by molar-refractivity contribution is 7.73. The molecule has 0 heterocycles. The molecule has 2 N–H and O–H groups in total. The maximum Gasteiger partial charge on any atom is 0.123 e. The van der Waals surface area contributed by atoms with E-state index in [2.05, 4.69) is 48.5 Å². The van der Waals surface area contributed by atoms with Gasteiger partial charge in [0.1, 0.15) is 11.5 Å². The van der Waals surface area contributed by atoms with Gasteiger partial charge in [-0.25, -0.2) is 0 Å². The summed E-state index contributed by atoms with van der Waals surface area (Å²) in [5, 5.41) is 23.3. The summed E-state index contributed by atoms with van der Waals surface area (Å²) in [5.41, 5.74) is 1.60. The van der Waals surface area contributed by atoms with Gasteiger partial charge in [0.15, 0.2) is 0 Å². The molecule has 0 atom stereocenters. The number of phenolic OH excluding ortho intramolecular Hbond substituents is 2. The van der Waals surface area contributed by atoms with E-state index in [4.69, 9.17) is 0 Å². The molecular weight excluding hydrogens is 339 g/mol. The highest BCUT2D eigenvalue weighted by Crippen LogP contribution is 2.38. The Hall–Kier alpha value is -2.31. The molecule has 26 heavy (non-hydrogen) atoms. The van der Waals surface area contributed by atoms with Crippen LogP contribution in [0.3, 0.4) is 0 Å². The van der Waals surface area contributed by atoms with Crippen LogP contribution in [0.1, 0.15) is 30.9 Å². The SMILES string of the molecule is CC(C)c1c(O)cc(CCP(c2ccccc2)c2ccccc2)cc1O. The van der Waals surface area contributed by atoms with Crippen molar-refractivity contribution in [2.24, 2.45) is 0 Å². The van der Waals surface area contributed by atoms with Crippen molar-refractivity contribution in [3.05, 3.63) is 83.9 Å². The number of benzene rings is 3. The quantitative estimate of drug-likeness (QED) is 0.611. The van der Waals surface area contributed by atoms with Gasteiger partial charge in [-0.15, -0.1) is 0 Å². The second-order valence-corrected chi connectivity index (χ2v) is 9.11. The van der Waals surface area contributed by atoms with Crippen molar-refractivity contribution in [3.8, 4) is 11.5 Å². The van der Waals surface area contributed by atoms with Gasteiger partial charge in [-0.3, -0.25) is 0 Å². The summed E-state index contributed by atoms with van der Waals surface area (Å²) in [6.07, 6.45) is 1.79. The lowest BCUT2D eigenvalue weighted by Crippen LogP contribution is -2.14. The Morgan fingerprint density at radius 2 is 1.23 bits per heavy atom. The lowest BCUT2D eigenvalue weighted by atomic mass is 9.98. The zero-order chi connectivity index (χ0) is 18.5. The first kappa shape index (κ1) is 18.5. The fraction of sp³-hybridized carbons (Fsp3) is 0.217. The Balaban J connectivity index is 1.85. The Morgan fingerprint density at radius 1 is 0.769 bits per heavy atom. The minimum absolute atomic E-state index is 0.0924. The largest absolute Gasteiger partial charge is 0.508 e. The van der Waals surface area contributed by atoms with E-state index in [-0.39, 0.29) is 17.4 Å². The third kappa shape index (κ3) is 4.26. The molecule has 0 saturated heterocycles. The minimum Gasteiger partial charge on any atom is -0.508 e. The molecule has 0 aliphatic carbocycles. The van der Waals surface area contributed by atoms with Crippen molar-refractivity contribution in [2.45, 2.75) is 26.2 Å². The molecular formula is C23H25O2P. The van der Waals surface area contributed by atoms with Crippen molar-refractivity contribution in [1.82, 2.24) is 0 Å². The number of rotatable bonds is 6. The molecule has 0 radical (unpaired) electrons. The summed E-state index contributed by atoms with van der Waals surface area (Å²) in [5.74, 6) is 0.479. The normalized spacial score (nSPS) is 11.2. The molecule has 0 bridgehead atoms. The maximum absolute atomic E-state index is 10.3. The van der Waals surface area contributed by atoms with Crippen LogP contribution in [0.5, 0.6) is 11.5 Å². The van der Waals surface area contributed by atoms with E-state index in [1.54, 1.807) is 12.1 Å². The Labute approximate surface area is 156 Å². The van der Waals surface area contributed by atoms with Crippen LogP contribution in [-0.4, -0.2) is 16.4 Å². The summed E-state index contributed by atoms with van der Waals surface area (Å²) in [4.78, 5) is 0. The monoisotopic (exact) mass is 364 g/mol. The second kappa shape index (κ2) is 8.38. The Bertz CT molecular complexity index is 782. The van der Waals surface area contributed by atoms with E-state index in [1.165, 1.54) is 10.6 Å². The van der Waals surface area contributed by atoms with Gasteiger partial charge in [-0.1, -0.05) is 74.5 Å². The van der Waals surface area contributed by atoms with Gasteiger partial charge in [0.25, 0.3) is 0 Å². The molecule has 0 amide bonds. The first-order chi connectivity index (χ1) is 12.6. The Morgan fingerprint density at radius 3 is 1.65 bits per heavy atom. The van der Waals surface area contributed by atoms with Gasteiger partial charge in [-0.2, -0.15) is 0 Å². The maximum atomic E-state index is 10.3. The number of aryl methyl sites for hydroxylation is 1. The first-order valence-electron chi connectivity index (χ1n) is 8.98. The van der Waals surface area contributed by atoms with E-state index in [0.29, 0.717) is 5.56 Å². The third-order valence-electron chi connectivity index (χ3n) is 4.53. The molecule has 0 unspecified atom stereocenters. The van der Waals surface area contributed by atoms with Crippen molar-refractivity contribution in [1.29, 1.82) is 0 Å². The van der Waals surface area contributed by atoms with Gasteiger partial charge < -0.3 is 10.2 Å². The van der Waals surface area contributed by atoms with Crippen molar-refractivity contribution in [3.63, 3.8) is 0 Å². The second-order valence-electron chi connectivity index (χ2n) is 6.78. The molecule has 0 aliphatic heterocycles. The smallest absolute Gasteiger partial charge is 0.123 e. The lowest BCUT2D eigenvalue weighted by molar-refractivity contribution is 0.432. The van der Waals surface area contributed by atoms with Gasteiger partial charge in [0, 0.05) is 5.56 Å². The van der Waals surface area contributed by atoms with Crippen molar-refractivity contribution < 1.29 is 10.2 Å². The number of hydrogen-bond donors (Lipinski definition) is 2. The molecule has 0 aromatic heterocycles. The molecule has 2 nitrogen and oxygen atoms in total. The highest BCUT2D eigenvalue weighted by atomic mass is 31.1. The fourth-order valence-electron chi connectivity index (χ4n) is 3.28. The van der Waals surface area contributed by atoms with Crippen LogP contribution in [0, 0.1) is 0 Å². The van der Waals surface area contributed by atoms with E-state index < -0.39 is 7.92 Å². The molecule has 3 rings (SSSR count). The summed E-state index contributed by atoms with van der Waals surface area (Å²) in [6.45, 7) is 3.94. The zero-order valence-corrected chi connectivity index (χ0v) is 16.2.